The molecule has 0 atom stereocenters. The number of nitrogens with zero attached hydrogens (tertiary/aromatic N) is 1. The van der Waals surface area contributed by atoms with Gasteiger partial charge in [0.2, 0.25) is 0 Å². The van der Waals surface area contributed by atoms with Crippen molar-refractivity contribution in [3.63, 3.8) is 0 Å². The van der Waals surface area contributed by atoms with Gasteiger partial charge < -0.3 is 15.7 Å². The lowest BCUT2D eigenvalue weighted by Crippen LogP contribution is -2.37. The van der Waals surface area contributed by atoms with Gasteiger partial charge in [0, 0.05) is 12.2 Å². The molecule has 7 heteroatoms. The zero-order valence-corrected chi connectivity index (χ0v) is 10.2. The van der Waals surface area contributed by atoms with Crippen LogP contribution in [-0.2, 0) is 0 Å². The summed E-state index contributed by atoms with van der Waals surface area (Å²) in [6.07, 6.45) is -2.69. The third kappa shape index (κ3) is 3.54. The minimum absolute atomic E-state index is 0.0201. The van der Waals surface area contributed by atoms with Crippen LogP contribution in [0.15, 0.2) is 18.2 Å². The molecule has 1 amide bonds. The summed E-state index contributed by atoms with van der Waals surface area (Å²) in [5, 5.41) is 8.88. The van der Waals surface area contributed by atoms with Crippen LogP contribution in [-0.4, -0.2) is 42.0 Å². The van der Waals surface area contributed by atoms with Gasteiger partial charge in [0.1, 0.15) is 0 Å². The van der Waals surface area contributed by atoms with Gasteiger partial charge in [-0.15, -0.1) is 0 Å². The predicted octanol–water partition coefficient (Wildman–Crippen LogP) is 1.62. The summed E-state index contributed by atoms with van der Waals surface area (Å²) in [6.45, 7) is -1.39. The zero-order valence-electron chi connectivity index (χ0n) is 9.44. The predicted molar refractivity (Wildman–Crippen MR) is 64.9 cm³/mol. The van der Waals surface area contributed by atoms with E-state index in [0.717, 1.165) is 4.90 Å². The number of nitrogen functional groups attached to an aromatic ring is 1. The topological polar surface area (TPSA) is 66.6 Å². The van der Waals surface area contributed by atoms with E-state index in [1.54, 1.807) is 6.07 Å². The second-order valence-corrected chi connectivity index (χ2v) is 3.98. The first-order chi connectivity index (χ1) is 8.47. The number of benzene rings is 1. The van der Waals surface area contributed by atoms with E-state index in [2.05, 4.69) is 0 Å². The molecule has 0 aliphatic heterocycles. The zero-order chi connectivity index (χ0) is 13.7. The normalized spacial score (nSPS) is 10.7. The lowest BCUT2D eigenvalue weighted by atomic mass is 10.1. The summed E-state index contributed by atoms with van der Waals surface area (Å²) < 4.78 is 24.7. The highest BCUT2D eigenvalue weighted by Gasteiger charge is 2.23. The number of rotatable bonds is 5. The van der Waals surface area contributed by atoms with E-state index in [4.69, 9.17) is 22.4 Å². The first-order valence-electron chi connectivity index (χ1n) is 5.19. The number of carbonyl (C=O) groups is 1. The van der Waals surface area contributed by atoms with Crippen molar-refractivity contribution in [2.75, 3.05) is 25.4 Å². The number of halogens is 3. The van der Waals surface area contributed by atoms with E-state index in [1.807, 2.05) is 0 Å². The monoisotopic (exact) mass is 278 g/mol. The van der Waals surface area contributed by atoms with Crippen molar-refractivity contribution in [2.24, 2.45) is 0 Å². The molecule has 0 aliphatic rings. The van der Waals surface area contributed by atoms with Gasteiger partial charge in [0.15, 0.2) is 0 Å². The van der Waals surface area contributed by atoms with Crippen molar-refractivity contribution in [3.8, 4) is 0 Å². The molecule has 4 nitrogen and oxygen atoms in total. The lowest BCUT2D eigenvalue weighted by molar-refractivity contribution is 0.0510. The van der Waals surface area contributed by atoms with Crippen LogP contribution in [0, 0.1) is 0 Å². The van der Waals surface area contributed by atoms with E-state index >= 15 is 0 Å². The van der Waals surface area contributed by atoms with Crippen molar-refractivity contribution in [2.45, 2.75) is 6.43 Å². The quantitative estimate of drug-likeness (QED) is 0.805. The van der Waals surface area contributed by atoms with Gasteiger partial charge in [-0.25, -0.2) is 8.78 Å². The fourth-order valence-electron chi connectivity index (χ4n) is 1.49. The van der Waals surface area contributed by atoms with Gasteiger partial charge in [0.25, 0.3) is 12.3 Å². The van der Waals surface area contributed by atoms with Crippen molar-refractivity contribution in [1.29, 1.82) is 0 Å². The molecule has 100 valence electrons. The molecule has 0 spiro atoms. The summed E-state index contributed by atoms with van der Waals surface area (Å²) in [5.41, 5.74) is 5.70. The number of nitrogens with two attached hydrogens (primary N) is 1. The Labute approximate surface area is 108 Å². The van der Waals surface area contributed by atoms with Gasteiger partial charge in [-0.1, -0.05) is 17.7 Å². The van der Waals surface area contributed by atoms with Crippen LogP contribution < -0.4 is 5.73 Å². The van der Waals surface area contributed by atoms with Crippen LogP contribution in [0.1, 0.15) is 10.4 Å². The fraction of sp³-hybridized carbons (Fsp3) is 0.364. The molecule has 0 heterocycles. The Balaban J connectivity index is 3.01. The van der Waals surface area contributed by atoms with E-state index in [0.29, 0.717) is 0 Å². The lowest BCUT2D eigenvalue weighted by Gasteiger charge is -2.22. The van der Waals surface area contributed by atoms with Crippen LogP contribution in [0.2, 0.25) is 5.02 Å². The van der Waals surface area contributed by atoms with Gasteiger partial charge in [-0.3, -0.25) is 4.79 Å². The van der Waals surface area contributed by atoms with E-state index in [-0.39, 0.29) is 22.8 Å². The standard InChI is InChI=1S/C11H13ClF2N2O2/c12-7-2-1-3-8(15)10(7)11(18)16(4-5-17)6-9(13)14/h1-3,9,17H,4-6,15H2. The number of carbonyl (C=O) groups excluding carboxylic acids is 1. The maximum absolute atomic E-state index is 12.3. The number of amides is 1. The number of hydrogen-bond acceptors (Lipinski definition) is 3. The van der Waals surface area contributed by atoms with Crippen LogP contribution in [0.5, 0.6) is 0 Å². The smallest absolute Gasteiger partial charge is 0.257 e. The van der Waals surface area contributed by atoms with Gasteiger partial charge in [0.05, 0.1) is 23.7 Å². The minimum Gasteiger partial charge on any atom is -0.398 e. The second kappa shape index (κ2) is 6.51. The Morgan fingerprint density at radius 1 is 1.50 bits per heavy atom. The highest BCUT2D eigenvalue weighted by molar-refractivity contribution is 6.34. The van der Waals surface area contributed by atoms with Crippen molar-refractivity contribution >= 4 is 23.2 Å². The van der Waals surface area contributed by atoms with Crippen molar-refractivity contribution < 1.29 is 18.7 Å². The molecular weight excluding hydrogens is 266 g/mol. The summed E-state index contributed by atoms with van der Waals surface area (Å²) in [7, 11) is 0. The molecule has 0 unspecified atom stereocenters. The largest absolute Gasteiger partial charge is 0.398 e. The Hall–Kier alpha value is -1.40. The SMILES string of the molecule is Nc1cccc(Cl)c1C(=O)N(CCO)CC(F)F. The molecule has 0 fully saturated rings. The fourth-order valence-corrected chi connectivity index (χ4v) is 1.75. The molecule has 0 aromatic heterocycles. The highest BCUT2D eigenvalue weighted by atomic mass is 35.5. The molecule has 0 saturated heterocycles. The molecule has 1 aromatic rings. The van der Waals surface area contributed by atoms with E-state index in [1.165, 1.54) is 12.1 Å². The van der Waals surface area contributed by atoms with Crippen molar-refractivity contribution in [3.05, 3.63) is 28.8 Å². The number of aliphatic hydroxyl groups is 1. The summed E-state index contributed by atoms with van der Waals surface area (Å²) in [4.78, 5) is 12.9. The first kappa shape index (κ1) is 14.7. The molecule has 18 heavy (non-hydrogen) atoms. The third-order valence-electron chi connectivity index (χ3n) is 2.28. The number of alkyl halides is 2. The first-order valence-corrected chi connectivity index (χ1v) is 5.57. The van der Waals surface area contributed by atoms with Crippen LogP contribution in [0.4, 0.5) is 14.5 Å². The molecule has 0 radical (unpaired) electrons. The maximum Gasteiger partial charge on any atom is 0.257 e. The number of anilines is 1. The Bertz CT molecular complexity index is 409. The van der Waals surface area contributed by atoms with Gasteiger partial charge >= 0.3 is 0 Å². The molecule has 1 aromatic carbocycles. The third-order valence-corrected chi connectivity index (χ3v) is 2.59. The maximum atomic E-state index is 12.3. The van der Waals surface area contributed by atoms with Crippen LogP contribution in [0.25, 0.3) is 0 Å². The van der Waals surface area contributed by atoms with Crippen molar-refractivity contribution in [1.82, 2.24) is 4.90 Å². The van der Waals surface area contributed by atoms with Crippen LogP contribution >= 0.6 is 11.6 Å². The molecule has 1 rings (SSSR count). The van der Waals surface area contributed by atoms with E-state index in [9.17, 15) is 13.6 Å². The van der Waals surface area contributed by atoms with Gasteiger partial charge in [-0.05, 0) is 12.1 Å². The summed E-state index contributed by atoms with van der Waals surface area (Å²) >= 11 is 5.83. The van der Waals surface area contributed by atoms with E-state index < -0.39 is 25.5 Å². The Morgan fingerprint density at radius 3 is 2.67 bits per heavy atom. The highest BCUT2D eigenvalue weighted by Crippen LogP contribution is 2.23. The minimum atomic E-state index is -2.69. The molecule has 0 bridgehead atoms. The average molecular weight is 279 g/mol. The summed E-state index contributed by atoms with van der Waals surface area (Å²) in [5.74, 6) is -0.715. The number of hydrogen-bond donors (Lipinski definition) is 2. The molecule has 0 aliphatic carbocycles. The molecule has 3 N–H and O–H groups in total. The van der Waals surface area contributed by atoms with Gasteiger partial charge in [-0.2, -0.15) is 0 Å². The summed E-state index contributed by atoms with van der Waals surface area (Å²) in [6, 6.07) is 4.46. The molecular formula is C11H13ClF2N2O2. The second-order valence-electron chi connectivity index (χ2n) is 3.57. The van der Waals surface area contributed by atoms with Crippen LogP contribution in [0.3, 0.4) is 0 Å². The molecule has 0 saturated carbocycles. The Kier molecular flexibility index (Phi) is 5.30. The Morgan fingerprint density at radius 2 is 2.17 bits per heavy atom. The number of aliphatic hydroxyl groups excluding tert-OH is 1. The average Bonchev–Trinajstić information content (AvgIpc) is 2.27.